The van der Waals surface area contributed by atoms with Crippen LogP contribution in [-0.2, 0) is 9.47 Å². The molecule has 0 aliphatic carbocycles. The number of hydrogen-bond acceptors (Lipinski definition) is 4. The Morgan fingerprint density at radius 3 is 2.73 bits per heavy atom. The maximum Gasteiger partial charge on any atom is 0.191 e. The van der Waals surface area contributed by atoms with Crippen molar-refractivity contribution in [1.82, 2.24) is 15.5 Å². The van der Waals surface area contributed by atoms with Gasteiger partial charge in [0.15, 0.2) is 5.96 Å². The van der Waals surface area contributed by atoms with Gasteiger partial charge in [-0.05, 0) is 58.7 Å². The average molecular weight is 482 g/mol. The Kier molecular flexibility index (Phi) is 13.7. The molecular weight excluding hydrogens is 443 g/mol. The fourth-order valence-electron chi connectivity index (χ4n) is 3.42. The molecule has 0 aromatic heterocycles. The lowest BCUT2D eigenvalue weighted by atomic mass is 10.1. The van der Waals surface area contributed by atoms with Gasteiger partial charge in [0.05, 0.1) is 19.3 Å². The van der Waals surface area contributed by atoms with Crippen LogP contribution in [0, 0.1) is 0 Å². The first-order chi connectivity index (χ1) is 12.3. The summed E-state index contributed by atoms with van der Waals surface area (Å²) in [5.74, 6) is 0.870. The molecule has 2 heterocycles. The van der Waals surface area contributed by atoms with Crippen LogP contribution in [0.25, 0.3) is 0 Å². The van der Waals surface area contributed by atoms with Crippen molar-refractivity contribution in [2.75, 3.05) is 53.0 Å². The largest absolute Gasteiger partial charge is 0.379 e. The Morgan fingerprint density at radius 1 is 1.23 bits per heavy atom. The zero-order valence-electron chi connectivity index (χ0n) is 16.7. The summed E-state index contributed by atoms with van der Waals surface area (Å²) in [6.45, 7) is 9.23. The Balaban J connectivity index is 0.00000338. The minimum absolute atomic E-state index is 0. The summed E-state index contributed by atoms with van der Waals surface area (Å²) in [5, 5.41) is 6.81. The topological polar surface area (TPSA) is 58.1 Å². The molecular formula is C19H39IN4O2. The van der Waals surface area contributed by atoms with Crippen molar-refractivity contribution in [2.45, 2.75) is 64.0 Å². The Morgan fingerprint density at radius 2 is 2.04 bits per heavy atom. The lowest BCUT2D eigenvalue weighted by Gasteiger charge is -2.26. The molecule has 2 N–H and O–H groups in total. The summed E-state index contributed by atoms with van der Waals surface area (Å²) >= 11 is 0. The van der Waals surface area contributed by atoms with Crippen LogP contribution in [0.4, 0.5) is 0 Å². The molecule has 0 saturated carbocycles. The Hall–Kier alpha value is -0.120. The number of nitrogens with one attached hydrogen (secondary N) is 2. The molecule has 0 radical (unpaired) electrons. The summed E-state index contributed by atoms with van der Waals surface area (Å²) in [5.41, 5.74) is 0. The SMILES string of the molecule is CN=C(NCCCCCN1CCCCC1)NC(C)COC1CCOC1.I. The van der Waals surface area contributed by atoms with Crippen LogP contribution in [0.15, 0.2) is 4.99 Å². The van der Waals surface area contributed by atoms with E-state index in [-0.39, 0.29) is 36.1 Å². The zero-order chi connectivity index (χ0) is 17.7. The maximum absolute atomic E-state index is 5.85. The van der Waals surface area contributed by atoms with Crippen LogP contribution in [-0.4, -0.2) is 76.1 Å². The predicted octanol–water partition coefficient (Wildman–Crippen LogP) is 2.62. The number of unbranched alkanes of at least 4 members (excludes halogenated alkanes) is 2. The lowest BCUT2D eigenvalue weighted by molar-refractivity contribution is 0.0347. The highest BCUT2D eigenvalue weighted by Crippen LogP contribution is 2.10. The third-order valence-electron chi connectivity index (χ3n) is 4.97. The molecule has 26 heavy (non-hydrogen) atoms. The molecule has 0 aromatic rings. The van der Waals surface area contributed by atoms with Crippen LogP contribution in [0.2, 0.25) is 0 Å². The second kappa shape index (κ2) is 14.9. The molecule has 0 aromatic carbocycles. The van der Waals surface area contributed by atoms with Crippen LogP contribution < -0.4 is 10.6 Å². The fourth-order valence-corrected chi connectivity index (χ4v) is 3.42. The quantitative estimate of drug-likeness (QED) is 0.217. The van der Waals surface area contributed by atoms with Crippen molar-refractivity contribution < 1.29 is 9.47 Å². The van der Waals surface area contributed by atoms with E-state index in [0.717, 1.165) is 32.1 Å². The van der Waals surface area contributed by atoms with Crippen LogP contribution in [0.5, 0.6) is 0 Å². The highest BCUT2D eigenvalue weighted by molar-refractivity contribution is 14.0. The summed E-state index contributed by atoms with van der Waals surface area (Å²) in [6, 6.07) is 0.242. The van der Waals surface area contributed by atoms with Crippen molar-refractivity contribution in [3.05, 3.63) is 0 Å². The standard InChI is InChI=1S/C19H38N4O2.HI/c1-17(15-25-18-9-14-24-16-18)22-19(20-2)21-10-5-3-6-11-23-12-7-4-8-13-23;/h17-18H,3-16H2,1-2H3,(H2,20,21,22);1H. The summed E-state index contributed by atoms with van der Waals surface area (Å²) in [4.78, 5) is 6.92. The van der Waals surface area contributed by atoms with Crippen molar-refractivity contribution in [1.29, 1.82) is 0 Å². The van der Waals surface area contributed by atoms with Crippen LogP contribution in [0.3, 0.4) is 0 Å². The van der Waals surface area contributed by atoms with Gasteiger partial charge in [-0.15, -0.1) is 24.0 Å². The third kappa shape index (κ3) is 10.3. The van der Waals surface area contributed by atoms with Gasteiger partial charge in [-0.25, -0.2) is 0 Å². The molecule has 2 aliphatic rings. The minimum Gasteiger partial charge on any atom is -0.379 e. The Labute approximate surface area is 176 Å². The van der Waals surface area contributed by atoms with Crippen molar-refractivity contribution in [3.8, 4) is 0 Å². The highest BCUT2D eigenvalue weighted by atomic mass is 127. The van der Waals surface area contributed by atoms with Crippen molar-refractivity contribution in [3.63, 3.8) is 0 Å². The van der Waals surface area contributed by atoms with Gasteiger partial charge in [0.25, 0.3) is 0 Å². The smallest absolute Gasteiger partial charge is 0.191 e. The number of nitrogens with zero attached hydrogens (tertiary/aromatic N) is 2. The van der Waals surface area contributed by atoms with Crippen molar-refractivity contribution >= 4 is 29.9 Å². The lowest BCUT2D eigenvalue weighted by Crippen LogP contribution is -2.44. The molecule has 0 spiro atoms. The van der Waals surface area contributed by atoms with E-state index in [1.54, 1.807) is 0 Å². The number of aliphatic imine (C=N–C) groups is 1. The van der Waals surface area contributed by atoms with Gasteiger partial charge in [0, 0.05) is 26.2 Å². The van der Waals surface area contributed by atoms with Gasteiger partial charge in [0.2, 0.25) is 0 Å². The number of likely N-dealkylation sites (tertiary alicyclic amines) is 1. The molecule has 154 valence electrons. The minimum atomic E-state index is 0. The van der Waals surface area contributed by atoms with E-state index in [1.807, 2.05) is 7.05 Å². The van der Waals surface area contributed by atoms with Crippen molar-refractivity contribution in [2.24, 2.45) is 4.99 Å². The summed E-state index contributed by atoms with van der Waals surface area (Å²) < 4.78 is 11.2. The van der Waals surface area contributed by atoms with Gasteiger partial charge in [-0.1, -0.05) is 12.8 Å². The molecule has 7 heteroatoms. The van der Waals surface area contributed by atoms with Gasteiger partial charge >= 0.3 is 0 Å². The van der Waals surface area contributed by atoms with Gasteiger partial charge in [-0.2, -0.15) is 0 Å². The molecule has 0 bridgehead atoms. The van der Waals surface area contributed by atoms with Crippen LogP contribution in [0.1, 0.15) is 51.9 Å². The van der Waals surface area contributed by atoms with E-state index in [9.17, 15) is 0 Å². The summed E-state index contributed by atoms with van der Waals surface area (Å²) in [7, 11) is 1.82. The molecule has 2 unspecified atom stereocenters. The monoisotopic (exact) mass is 482 g/mol. The molecule has 2 aliphatic heterocycles. The van der Waals surface area contributed by atoms with Gasteiger partial charge in [-0.3, -0.25) is 4.99 Å². The molecule has 2 rings (SSSR count). The van der Waals surface area contributed by atoms with Gasteiger partial charge < -0.3 is 25.0 Å². The number of piperidine rings is 1. The normalized spacial score (nSPS) is 22.7. The van der Waals surface area contributed by atoms with E-state index in [0.29, 0.717) is 6.61 Å². The second-order valence-electron chi connectivity index (χ2n) is 7.33. The second-order valence-corrected chi connectivity index (χ2v) is 7.33. The molecule has 6 nitrogen and oxygen atoms in total. The average Bonchev–Trinajstić information content (AvgIpc) is 3.16. The number of rotatable bonds is 10. The highest BCUT2D eigenvalue weighted by Gasteiger charge is 2.17. The van der Waals surface area contributed by atoms with E-state index < -0.39 is 0 Å². The zero-order valence-corrected chi connectivity index (χ0v) is 19.0. The van der Waals surface area contributed by atoms with Gasteiger partial charge in [0.1, 0.15) is 0 Å². The predicted molar refractivity (Wildman–Crippen MR) is 119 cm³/mol. The first-order valence-electron chi connectivity index (χ1n) is 10.2. The van der Waals surface area contributed by atoms with E-state index in [2.05, 4.69) is 27.4 Å². The molecule has 2 fully saturated rings. The number of guanidine groups is 1. The molecule has 2 atom stereocenters. The van der Waals surface area contributed by atoms with E-state index >= 15 is 0 Å². The van der Waals surface area contributed by atoms with E-state index in [1.165, 1.54) is 58.2 Å². The fraction of sp³-hybridized carbons (Fsp3) is 0.947. The number of ether oxygens (including phenoxy) is 2. The molecule has 2 saturated heterocycles. The number of halogens is 1. The third-order valence-corrected chi connectivity index (χ3v) is 4.97. The van der Waals surface area contributed by atoms with Crippen LogP contribution >= 0.6 is 24.0 Å². The van der Waals surface area contributed by atoms with E-state index in [4.69, 9.17) is 9.47 Å². The summed E-state index contributed by atoms with van der Waals surface area (Å²) in [6.07, 6.45) is 9.25. The first kappa shape index (κ1) is 23.9. The Bertz CT molecular complexity index is 373. The maximum atomic E-state index is 5.85. The first-order valence-corrected chi connectivity index (χ1v) is 10.2. The molecule has 0 amide bonds. The number of hydrogen-bond donors (Lipinski definition) is 2.